The van der Waals surface area contributed by atoms with Crippen LogP contribution in [0.5, 0.6) is 0 Å². The van der Waals surface area contributed by atoms with Crippen LogP contribution in [-0.2, 0) is 14.3 Å². The molecule has 480 valence electrons. The van der Waals surface area contributed by atoms with Crippen LogP contribution in [0.15, 0.2) is 24.3 Å². The fourth-order valence-corrected chi connectivity index (χ4v) is 11.8. The molecule has 2 unspecified atom stereocenters. The highest BCUT2D eigenvalue weighted by Crippen LogP contribution is 2.19. The Morgan fingerprint density at radius 1 is 0.333 bits per heavy atom. The van der Waals surface area contributed by atoms with E-state index in [-0.39, 0.29) is 18.5 Å². The fourth-order valence-electron chi connectivity index (χ4n) is 11.8. The van der Waals surface area contributed by atoms with Gasteiger partial charge in [-0.1, -0.05) is 372 Å². The first kappa shape index (κ1) is 79.3. The van der Waals surface area contributed by atoms with Gasteiger partial charge in [0.15, 0.2) is 0 Å². The molecule has 6 nitrogen and oxygen atoms in total. The van der Waals surface area contributed by atoms with Crippen molar-refractivity contribution in [1.29, 1.82) is 0 Å². The highest BCUT2D eigenvalue weighted by Gasteiger charge is 2.18. The Morgan fingerprint density at radius 2 is 0.580 bits per heavy atom. The number of allylic oxidation sites excluding steroid dienone is 3. The van der Waals surface area contributed by atoms with Gasteiger partial charge in [0, 0.05) is 12.8 Å². The predicted octanol–water partition coefficient (Wildman–Crippen LogP) is 24.1. The molecule has 0 fully saturated rings. The Labute approximate surface area is 507 Å². The lowest BCUT2D eigenvalue weighted by molar-refractivity contribution is -0.143. The summed E-state index contributed by atoms with van der Waals surface area (Å²) in [6.45, 7) is 4.95. The van der Waals surface area contributed by atoms with Gasteiger partial charge in [0.25, 0.3) is 0 Å². The zero-order valence-corrected chi connectivity index (χ0v) is 55.0. The van der Waals surface area contributed by atoms with Gasteiger partial charge >= 0.3 is 5.97 Å². The fraction of sp³-hybridized carbons (Fsp3) is 0.920. The van der Waals surface area contributed by atoms with E-state index in [1.54, 1.807) is 6.08 Å². The van der Waals surface area contributed by atoms with E-state index < -0.39 is 12.1 Å². The smallest absolute Gasteiger partial charge is 0.305 e. The maximum Gasteiger partial charge on any atom is 0.305 e. The van der Waals surface area contributed by atoms with E-state index in [0.717, 1.165) is 38.5 Å². The van der Waals surface area contributed by atoms with E-state index in [1.165, 1.54) is 353 Å². The third kappa shape index (κ3) is 67.3. The van der Waals surface area contributed by atoms with Gasteiger partial charge in [-0.3, -0.25) is 9.59 Å². The molecule has 0 aliphatic heterocycles. The molecule has 0 aromatic carbocycles. The molecule has 0 heterocycles. The molecule has 2 atom stereocenters. The Morgan fingerprint density at radius 3 is 0.877 bits per heavy atom. The summed E-state index contributed by atoms with van der Waals surface area (Å²) in [4.78, 5) is 24.6. The molecule has 0 aliphatic rings. The minimum Gasteiger partial charge on any atom is -0.466 e. The average Bonchev–Trinajstić information content (AvgIpc) is 3.47. The molecule has 6 heteroatoms. The maximum atomic E-state index is 12.5. The Kier molecular flexibility index (Phi) is 69.4. The molecule has 81 heavy (non-hydrogen) atoms. The SMILES string of the molecule is CCCCCCCCCCCCCCCCCCCCCC/C=C/C(O)C(CO)NC(=O)CCCCCCCCCCCCCC/C=C\CCCCCCCCCCCCCCOC(=O)CCCCCCCCCCCCCCCC. The van der Waals surface area contributed by atoms with Crippen LogP contribution in [0.25, 0.3) is 0 Å². The Hall–Kier alpha value is -1.66. The van der Waals surface area contributed by atoms with E-state index in [9.17, 15) is 19.8 Å². The molecule has 0 rings (SSSR count). The number of hydrogen-bond donors (Lipinski definition) is 3. The van der Waals surface area contributed by atoms with Crippen molar-refractivity contribution in [2.45, 2.75) is 431 Å². The first-order chi connectivity index (χ1) is 40.0. The average molecular weight is 1140 g/mol. The summed E-state index contributed by atoms with van der Waals surface area (Å²) >= 11 is 0. The van der Waals surface area contributed by atoms with Gasteiger partial charge in [0.05, 0.1) is 25.4 Å². The number of unbranched alkanes of at least 4 members (excludes halogenated alkanes) is 57. The quantitative estimate of drug-likeness (QED) is 0.0320. The molecule has 0 aliphatic carbocycles. The number of ether oxygens (including phenoxy) is 1. The van der Waals surface area contributed by atoms with Crippen molar-refractivity contribution in [3.63, 3.8) is 0 Å². The molecule has 0 saturated carbocycles. The van der Waals surface area contributed by atoms with Crippen molar-refractivity contribution in [3.8, 4) is 0 Å². The molecular formula is C75H145NO5. The molecule has 0 aromatic heterocycles. The number of esters is 1. The lowest BCUT2D eigenvalue weighted by atomic mass is 10.0. The zero-order valence-electron chi connectivity index (χ0n) is 55.0. The number of aliphatic hydroxyl groups is 2. The molecule has 0 aromatic rings. The van der Waals surface area contributed by atoms with Gasteiger partial charge in [0.2, 0.25) is 5.91 Å². The predicted molar refractivity (Wildman–Crippen MR) is 356 cm³/mol. The molecular weight excluding hydrogens is 995 g/mol. The molecule has 1 amide bonds. The first-order valence-corrected chi connectivity index (χ1v) is 37.1. The first-order valence-electron chi connectivity index (χ1n) is 37.1. The van der Waals surface area contributed by atoms with E-state index in [2.05, 4.69) is 31.3 Å². The normalized spacial score (nSPS) is 12.6. The van der Waals surface area contributed by atoms with Crippen LogP contribution in [0.4, 0.5) is 0 Å². The number of amides is 1. The highest BCUT2D eigenvalue weighted by molar-refractivity contribution is 5.76. The minimum absolute atomic E-state index is 0.0186. The summed E-state index contributed by atoms with van der Waals surface area (Å²) in [7, 11) is 0. The molecule has 0 radical (unpaired) electrons. The van der Waals surface area contributed by atoms with Crippen LogP contribution in [-0.4, -0.2) is 47.4 Å². The van der Waals surface area contributed by atoms with Crippen molar-refractivity contribution >= 4 is 11.9 Å². The van der Waals surface area contributed by atoms with E-state index >= 15 is 0 Å². The topological polar surface area (TPSA) is 95.9 Å². The zero-order chi connectivity index (χ0) is 58.5. The van der Waals surface area contributed by atoms with Crippen molar-refractivity contribution in [3.05, 3.63) is 24.3 Å². The lowest BCUT2D eigenvalue weighted by Gasteiger charge is -2.20. The van der Waals surface area contributed by atoms with Gasteiger partial charge in [-0.05, 0) is 57.8 Å². The molecule has 0 saturated heterocycles. The molecule has 0 spiro atoms. The van der Waals surface area contributed by atoms with E-state index in [0.29, 0.717) is 19.4 Å². The standard InChI is InChI=1S/C75H145NO5/c1-3-5-7-9-11-13-15-17-19-20-21-22-31-34-37-40-43-47-51-55-59-63-67-73(78)72(71-77)76-74(79)68-64-60-56-52-48-44-41-38-35-32-29-27-25-23-24-26-28-30-33-36-39-42-46-50-54-58-62-66-70-81-75(80)69-65-61-57-53-49-45-18-16-14-12-10-8-6-4-2/h23-24,63,67,72-73,77-78H,3-22,25-62,64-66,68-71H2,1-2H3,(H,76,79)/b24-23-,67-63+. The second kappa shape index (κ2) is 70.8. The van der Waals surface area contributed by atoms with Gasteiger partial charge in [0.1, 0.15) is 0 Å². The van der Waals surface area contributed by atoms with Crippen molar-refractivity contribution in [2.24, 2.45) is 0 Å². The largest absolute Gasteiger partial charge is 0.466 e. The summed E-state index contributed by atoms with van der Waals surface area (Å²) < 4.78 is 5.50. The maximum absolute atomic E-state index is 12.5. The van der Waals surface area contributed by atoms with Gasteiger partial charge in [-0.15, -0.1) is 0 Å². The van der Waals surface area contributed by atoms with E-state index in [4.69, 9.17) is 4.74 Å². The van der Waals surface area contributed by atoms with Crippen LogP contribution in [0.3, 0.4) is 0 Å². The number of aliphatic hydroxyl groups excluding tert-OH is 2. The summed E-state index contributed by atoms with van der Waals surface area (Å²) in [5.41, 5.74) is 0. The summed E-state index contributed by atoms with van der Waals surface area (Å²) in [5, 5.41) is 23.3. The minimum atomic E-state index is -0.845. The second-order valence-corrected chi connectivity index (χ2v) is 25.6. The summed E-state index contributed by atoms with van der Waals surface area (Å²) in [5.74, 6) is -0.0447. The van der Waals surface area contributed by atoms with Crippen LogP contribution < -0.4 is 5.32 Å². The van der Waals surface area contributed by atoms with Gasteiger partial charge in [-0.2, -0.15) is 0 Å². The van der Waals surface area contributed by atoms with Crippen LogP contribution in [0.1, 0.15) is 418 Å². The van der Waals surface area contributed by atoms with Crippen molar-refractivity contribution in [2.75, 3.05) is 13.2 Å². The Bertz CT molecular complexity index is 1270. The number of hydrogen-bond acceptors (Lipinski definition) is 5. The highest BCUT2D eigenvalue weighted by atomic mass is 16.5. The number of nitrogens with one attached hydrogen (secondary N) is 1. The monoisotopic (exact) mass is 1140 g/mol. The third-order valence-electron chi connectivity index (χ3n) is 17.5. The van der Waals surface area contributed by atoms with E-state index in [1.807, 2.05) is 6.08 Å². The molecule has 0 bridgehead atoms. The third-order valence-corrected chi connectivity index (χ3v) is 17.5. The van der Waals surface area contributed by atoms with Gasteiger partial charge in [-0.25, -0.2) is 0 Å². The second-order valence-electron chi connectivity index (χ2n) is 25.6. The van der Waals surface area contributed by atoms with Crippen LogP contribution >= 0.6 is 0 Å². The van der Waals surface area contributed by atoms with Gasteiger partial charge < -0.3 is 20.3 Å². The number of carbonyl (C=O) groups excluding carboxylic acids is 2. The Balaban J connectivity index is 3.40. The van der Waals surface area contributed by atoms with Crippen LogP contribution in [0, 0.1) is 0 Å². The lowest BCUT2D eigenvalue weighted by Crippen LogP contribution is -2.45. The number of carbonyl (C=O) groups is 2. The summed E-state index contributed by atoms with van der Waals surface area (Å²) in [6.07, 6.45) is 89.9. The summed E-state index contributed by atoms with van der Waals surface area (Å²) in [6, 6.07) is -0.629. The van der Waals surface area contributed by atoms with Crippen molar-refractivity contribution < 1.29 is 24.5 Å². The van der Waals surface area contributed by atoms with Crippen molar-refractivity contribution in [1.82, 2.24) is 5.32 Å². The number of rotatable bonds is 70. The molecule has 3 N–H and O–H groups in total. The van der Waals surface area contributed by atoms with Crippen LogP contribution in [0.2, 0.25) is 0 Å².